The van der Waals surface area contributed by atoms with Crippen molar-refractivity contribution in [3.05, 3.63) is 119 Å². The molecule has 1 aliphatic rings. The molecule has 1 saturated heterocycles. The maximum absolute atomic E-state index is 5.44. The Labute approximate surface area is 212 Å². The van der Waals surface area contributed by atoms with Crippen LogP contribution in [-0.2, 0) is 4.74 Å². The number of hydrogen-bond acceptors (Lipinski definition) is 3. The molecule has 1 aliphatic heterocycles. The zero-order valence-electron chi connectivity index (χ0n) is 18.7. The summed E-state index contributed by atoms with van der Waals surface area (Å²) >= 11 is 11.5. The van der Waals surface area contributed by atoms with Crippen LogP contribution in [0.3, 0.4) is 0 Å². The van der Waals surface area contributed by atoms with Crippen molar-refractivity contribution < 1.29 is 4.74 Å². The molecule has 4 aromatic rings. The molecule has 0 N–H and O–H groups in total. The van der Waals surface area contributed by atoms with E-state index in [-0.39, 0.29) is 0 Å². The number of hydrogen-bond donors (Lipinski definition) is 0. The smallest absolute Gasteiger partial charge is 0.129 e. The van der Waals surface area contributed by atoms with Crippen molar-refractivity contribution in [3.8, 4) is 11.3 Å². The Morgan fingerprint density at radius 1 is 0.719 bits per heavy atom. The summed E-state index contributed by atoms with van der Waals surface area (Å²) < 4.78 is 11.5. The lowest BCUT2D eigenvalue weighted by atomic mass is 10.1. The molecule has 2 aromatic heterocycles. The summed E-state index contributed by atoms with van der Waals surface area (Å²) in [4.78, 5) is 7.99. The highest BCUT2D eigenvalue weighted by Gasteiger charge is 1.95. The highest BCUT2D eigenvalue weighted by Crippen LogP contribution is 2.14. The third-order valence-electron chi connectivity index (χ3n) is 3.92. The second kappa shape index (κ2) is 18.4. The summed E-state index contributed by atoms with van der Waals surface area (Å²) in [7, 11) is 0. The molecular formula is C26H28BrClN2OS. The van der Waals surface area contributed by atoms with Crippen LogP contribution in [0, 0.1) is 0 Å². The summed E-state index contributed by atoms with van der Waals surface area (Å²) in [5.41, 5.74) is 2.19. The Hall–Kier alpha value is -2.18. The Balaban J connectivity index is 0.000000226. The van der Waals surface area contributed by atoms with Crippen LogP contribution in [0.4, 0.5) is 0 Å². The Morgan fingerprint density at radius 2 is 1.25 bits per heavy atom. The van der Waals surface area contributed by atoms with Crippen molar-refractivity contribution in [3.63, 3.8) is 0 Å². The summed E-state index contributed by atoms with van der Waals surface area (Å²) in [6.07, 6.45) is 6.02. The van der Waals surface area contributed by atoms with E-state index >= 15 is 0 Å². The van der Waals surface area contributed by atoms with Crippen LogP contribution < -0.4 is 0 Å². The average molecular weight is 533 g/mol. The molecule has 0 radical (unpaired) electrons. The normalized spacial score (nSPS) is 11.4. The highest BCUT2D eigenvalue weighted by atomic mass is 79.9. The van der Waals surface area contributed by atoms with Gasteiger partial charge in [0.25, 0.3) is 0 Å². The molecule has 0 bridgehead atoms. The molecule has 0 amide bonds. The van der Waals surface area contributed by atoms with Gasteiger partial charge in [0, 0.05) is 35.6 Å². The number of aromatic nitrogens is 2. The summed E-state index contributed by atoms with van der Waals surface area (Å²) in [5.74, 6) is 0. The van der Waals surface area contributed by atoms with Gasteiger partial charge in [-0.2, -0.15) is 13.4 Å². The predicted octanol–water partition coefficient (Wildman–Crippen LogP) is 7.84. The van der Waals surface area contributed by atoms with E-state index in [1.807, 2.05) is 85.1 Å². The van der Waals surface area contributed by atoms with Gasteiger partial charge >= 0.3 is 0 Å². The molecule has 1 fully saturated rings. The number of rotatable bonds is 1. The molecule has 0 unspecified atom stereocenters. The van der Waals surface area contributed by atoms with Crippen molar-refractivity contribution in [2.45, 2.75) is 12.8 Å². The SMILES string of the molecule is Brc1ccccc1.C1CCOC1.Clc1ccccn1.[2H]S.c1ccc(-c2ccccn2)cc1. The second-order valence-corrected chi connectivity index (χ2v) is 7.65. The number of halogens is 2. The van der Waals surface area contributed by atoms with Crippen LogP contribution in [-0.4, -0.2) is 24.3 Å². The Morgan fingerprint density at radius 3 is 1.59 bits per heavy atom. The van der Waals surface area contributed by atoms with Gasteiger partial charge in [-0.3, -0.25) is 4.98 Å². The number of pyridine rings is 2. The first kappa shape index (κ1) is 26.1. The molecule has 0 spiro atoms. The molecule has 32 heavy (non-hydrogen) atoms. The summed E-state index contributed by atoms with van der Waals surface area (Å²) in [6.45, 7) is 2.00. The maximum Gasteiger partial charge on any atom is 0.129 e. The molecule has 3 nitrogen and oxygen atoms in total. The van der Waals surface area contributed by atoms with E-state index in [4.69, 9.17) is 17.5 Å². The maximum atomic E-state index is 5.44. The fourth-order valence-electron chi connectivity index (χ4n) is 2.41. The van der Waals surface area contributed by atoms with Gasteiger partial charge in [0.1, 0.15) is 5.15 Å². The molecule has 5 rings (SSSR count). The molecule has 0 saturated carbocycles. The first-order valence-electron chi connectivity index (χ1n) is 10.5. The van der Waals surface area contributed by atoms with Gasteiger partial charge in [-0.1, -0.05) is 88.2 Å². The lowest BCUT2D eigenvalue weighted by Crippen LogP contribution is -1.79. The van der Waals surface area contributed by atoms with Crippen LogP contribution in [0.1, 0.15) is 12.8 Å². The molecular weight excluding hydrogens is 504 g/mol. The van der Waals surface area contributed by atoms with Gasteiger partial charge in [0.15, 0.2) is 0 Å². The van der Waals surface area contributed by atoms with Crippen molar-refractivity contribution >= 4 is 40.9 Å². The molecule has 2 aromatic carbocycles. The van der Waals surface area contributed by atoms with Crippen molar-refractivity contribution in [1.29, 1.82) is 1.12 Å². The van der Waals surface area contributed by atoms with Gasteiger partial charge < -0.3 is 4.74 Å². The largest absolute Gasteiger partial charge is 0.381 e. The molecule has 6 heteroatoms. The van der Waals surface area contributed by atoms with Crippen molar-refractivity contribution in [1.82, 2.24) is 9.97 Å². The van der Waals surface area contributed by atoms with Crippen LogP contribution in [0.2, 0.25) is 5.15 Å². The fraction of sp³-hybridized carbons (Fsp3) is 0.154. The first-order valence-corrected chi connectivity index (χ1v) is 11.2. The quantitative estimate of drug-likeness (QED) is 0.234. The monoisotopic (exact) mass is 531 g/mol. The van der Waals surface area contributed by atoms with E-state index in [2.05, 4.69) is 51.4 Å². The van der Waals surface area contributed by atoms with E-state index in [0.717, 1.165) is 28.9 Å². The third-order valence-corrected chi connectivity index (χ3v) is 4.68. The third kappa shape index (κ3) is 13.3. The summed E-state index contributed by atoms with van der Waals surface area (Å²) in [5, 5.41) is 0.544. The van der Waals surface area contributed by atoms with Crippen LogP contribution in [0.5, 0.6) is 0 Å². The van der Waals surface area contributed by atoms with Gasteiger partial charge in [0.2, 0.25) is 0 Å². The predicted molar refractivity (Wildman–Crippen MR) is 143 cm³/mol. The van der Waals surface area contributed by atoms with Crippen LogP contribution in [0.25, 0.3) is 11.3 Å². The first-order chi connectivity index (χ1) is 16.3. The standard InChI is InChI=1S/C11H9N.C6H5Br.C5H4ClN.C4H8O.H2S/c1-2-6-10(7-3-1)11-8-4-5-9-12-11;7-6-4-2-1-3-5-6;6-5-3-1-2-4-7-5;1-2-4-5-3-1;/h1-9H;1-5H;1-4H;1-4H2;1H2/i/hD. The number of ether oxygens (including phenoxy) is 1. The Kier molecular flexibility index (Phi) is 15.0. The molecule has 3 heterocycles. The molecule has 168 valence electrons. The van der Waals surface area contributed by atoms with Crippen LogP contribution in [0.15, 0.2) is 114 Å². The van der Waals surface area contributed by atoms with Gasteiger partial charge in [-0.25, -0.2) is 4.98 Å². The second-order valence-electron chi connectivity index (χ2n) is 6.35. The zero-order chi connectivity index (χ0) is 24.0. The lowest BCUT2D eigenvalue weighted by molar-refractivity contribution is 0.198. The minimum atomic E-state index is 0.544. The molecule has 0 atom stereocenters. The van der Waals surface area contributed by atoms with Crippen molar-refractivity contribution in [2.75, 3.05) is 13.2 Å². The zero-order valence-corrected chi connectivity index (χ0v) is 21.0. The molecule has 0 aliphatic carbocycles. The van der Waals surface area contributed by atoms with E-state index < -0.39 is 0 Å². The van der Waals surface area contributed by atoms with E-state index in [0.29, 0.717) is 5.15 Å². The Bertz CT molecular complexity index is 853. The van der Waals surface area contributed by atoms with Gasteiger partial charge in [0.05, 0.1) is 6.82 Å². The average Bonchev–Trinajstić information content (AvgIpc) is 3.49. The lowest BCUT2D eigenvalue weighted by Gasteiger charge is -1.97. The van der Waals surface area contributed by atoms with Crippen molar-refractivity contribution in [2.24, 2.45) is 0 Å². The minimum Gasteiger partial charge on any atom is -0.381 e. The van der Waals surface area contributed by atoms with Gasteiger partial charge in [-0.05, 0) is 49.2 Å². The van der Waals surface area contributed by atoms with E-state index in [9.17, 15) is 0 Å². The van der Waals surface area contributed by atoms with Crippen LogP contribution >= 0.6 is 40.9 Å². The number of nitrogens with zero attached hydrogens (tertiary/aromatic N) is 2. The van der Waals surface area contributed by atoms with E-state index in [1.54, 1.807) is 12.3 Å². The minimum absolute atomic E-state index is 0.544. The number of benzene rings is 2. The fourth-order valence-corrected chi connectivity index (χ4v) is 2.84. The highest BCUT2D eigenvalue weighted by molar-refractivity contribution is 9.10. The topological polar surface area (TPSA) is 35.0 Å². The van der Waals surface area contributed by atoms with E-state index in [1.165, 1.54) is 12.8 Å². The summed E-state index contributed by atoms with van der Waals surface area (Å²) in [6, 6.07) is 31.5. The van der Waals surface area contributed by atoms with Gasteiger partial charge in [-0.15, -0.1) is 0 Å².